The van der Waals surface area contributed by atoms with Gasteiger partial charge in [-0.3, -0.25) is 4.79 Å². The molecule has 1 N–H and O–H groups in total. The van der Waals surface area contributed by atoms with Gasteiger partial charge in [-0.1, -0.05) is 48.5 Å². The first-order valence-corrected chi connectivity index (χ1v) is 6.55. The van der Waals surface area contributed by atoms with Crippen LogP contribution in [0.3, 0.4) is 0 Å². The number of fused-ring (bicyclic) bond motifs is 1. The molecular formula is C17H15NO2. The average molecular weight is 265 g/mol. The van der Waals surface area contributed by atoms with Crippen LogP contribution < -0.4 is 5.32 Å². The van der Waals surface area contributed by atoms with Crippen molar-refractivity contribution in [2.45, 2.75) is 13.5 Å². The van der Waals surface area contributed by atoms with Crippen molar-refractivity contribution in [2.24, 2.45) is 0 Å². The van der Waals surface area contributed by atoms with E-state index in [0.717, 1.165) is 22.1 Å². The molecular weight excluding hydrogens is 250 g/mol. The largest absolute Gasteiger partial charge is 0.451 e. The van der Waals surface area contributed by atoms with E-state index in [9.17, 15) is 4.79 Å². The number of hydrogen-bond donors (Lipinski definition) is 1. The third kappa shape index (κ3) is 2.43. The van der Waals surface area contributed by atoms with Crippen LogP contribution in [0.15, 0.2) is 59.0 Å². The van der Waals surface area contributed by atoms with Crippen molar-refractivity contribution in [3.8, 4) is 0 Å². The summed E-state index contributed by atoms with van der Waals surface area (Å²) < 4.78 is 5.64. The minimum Gasteiger partial charge on any atom is -0.451 e. The molecule has 3 rings (SSSR count). The molecule has 0 aliphatic carbocycles. The number of nitrogens with one attached hydrogen (secondary N) is 1. The highest BCUT2D eigenvalue weighted by molar-refractivity contribution is 5.96. The molecule has 2 aromatic carbocycles. The van der Waals surface area contributed by atoms with Crippen LogP contribution in [0.5, 0.6) is 0 Å². The first-order valence-electron chi connectivity index (χ1n) is 6.55. The summed E-state index contributed by atoms with van der Waals surface area (Å²) in [5.74, 6) is 0.162. The van der Waals surface area contributed by atoms with Crippen LogP contribution in [-0.4, -0.2) is 5.91 Å². The van der Waals surface area contributed by atoms with E-state index in [-0.39, 0.29) is 5.91 Å². The van der Waals surface area contributed by atoms with Crippen molar-refractivity contribution in [3.05, 3.63) is 71.5 Å². The zero-order chi connectivity index (χ0) is 13.9. The molecule has 3 heteroatoms. The van der Waals surface area contributed by atoms with E-state index >= 15 is 0 Å². The zero-order valence-electron chi connectivity index (χ0n) is 11.2. The van der Waals surface area contributed by atoms with Crippen LogP contribution in [0.4, 0.5) is 0 Å². The molecule has 0 saturated carbocycles. The molecule has 1 amide bonds. The number of rotatable bonds is 3. The fourth-order valence-corrected chi connectivity index (χ4v) is 2.19. The lowest BCUT2D eigenvalue weighted by molar-refractivity contribution is 0.0925. The second-order valence-corrected chi connectivity index (χ2v) is 4.77. The van der Waals surface area contributed by atoms with Gasteiger partial charge in [-0.15, -0.1) is 0 Å². The molecule has 3 aromatic rings. The number of furan rings is 1. The number of hydrogen-bond acceptors (Lipinski definition) is 2. The monoisotopic (exact) mass is 265 g/mol. The topological polar surface area (TPSA) is 42.2 Å². The summed E-state index contributed by atoms with van der Waals surface area (Å²) in [5.41, 5.74) is 2.87. The van der Waals surface area contributed by atoms with Crippen molar-refractivity contribution in [2.75, 3.05) is 0 Å². The van der Waals surface area contributed by atoms with Crippen LogP contribution in [-0.2, 0) is 6.54 Å². The molecule has 1 heterocycles. The normalized spacial score (nSPS) is 10.7. The fraction of sp³-hybridized carbons (Fsp3) is 0.118. The molecule has 0 spiro atoms. The van der Waals surface area contributed by atoms with E-state index in [4.69, 9.17) is 4.42 Å². The van der Waals surface area contributed by atoms with Crippen molar-refractivity contribution in [1.29, 1.82) is 0 Å². The molecule has 0 aliphatic heterocycles. The van der Waals surface area contributed by atoms with Crippen LogP contribution >= 0.6 is 0 Å². The maximum absolute atomic E-state index is 12.1. The molecule has 0 fully saturated rings. The van der Waals surface area contributed by atoms with Gasteiger partial charge >= 0.3 is 0 Å². The lowest BCUT2D eigenvalue weighted by Gasteiger charge is -2.02. The molecule has 0 atom stereocenters. The van der Waals surface area contributed by atoms with Crippen molar-refractivity contribution < 1.29 is 9.21 Å². The molecule has 3 nitrogen and oxygen atoms in total. The van der Waals surface area contributed by atoms with Crippen molar-refractivity contribution >= 4 is 16.9 Å². The van der Waals surface area contributed by atoms with Crippen LogP contribution in [0.2, 0.25) is 0 Å². The predicted molar refractivity (Wildman–Crippen MR) is 78.6 cm³/mol. The Morgan fingerprint density at radius 1 is 1.10 bits per heavy atom. The Bertz CT molecular complexity index is 744. The first kappa shape index (κ1) is 12.5. The first-order chi connectivity index (χ1) is 9.74. The van der Waals surface area contributed by atoms with Gasteiger partial charge in [0.25, 0.3) is 5.91 Å². The standard InChI is InChI=1S/C17H15NO2/c1-12-6-5-9-14-10-15(20-16(12)14)17(19)18-11-13-7-3-2-4-8-13/h2-10H,11H2,1H3,(H,18,19). The highest BCUT2D eigenvalue weighted by Gasteiger charge is 2.12. The molecule has 0 radical (unpaired) electrons. The SMILES string of the molecule is Cc1cccc2cc(C(=O)NCc3ccccc3)oc12. The molecule has 0 aliphatic rings. The summed E-state index contributed by atoms with van der Waals surface area (Å²) in [6.07, 6.45) is 0. The average Bonchev–Trinajstić information content (AvgIpc) is 2.91. The third-order valence-electron chi connectivity index (χ3n) is 3.26. The number of carbonyl (C=O) groups is 1. The smallest absolute Gasteiger partial charge is 0.287 e. The van der Waals surface area contributed by atoms with E-state index in [2.05, 4.69) is 5.32 Å². The molecule has 1 aromatic heterocycles. The van der Waals surface area contributed by atoms with Gasteiger partial charge in [-0.25, -0.2) is 0 Å². The van der Waals surface area contributed by atoms with Crippen LogP contribution in [0.1, 0.15) is 21.7 Å². The van der Waals surface area contributed by atoms with Crippen LogP contribution in [0, 0.1) is 6.92 Å². The lowest BCUT2D eigenvalue weighted by atomic mass is 10.2. The quantitative estimate of drug-likeness (QED) is 0.785. The number of aryl methyl sites for hydroxylation is 1. The summed E-state index contributed by atoms with van der Waals surface area (Å²) in [6.45, 7) is 2.47. The highest BCUT2D eigenvalue weighted by atomic mass is 16.3. The Kier molecular flexibility index (Phi) is 3.25. The van der Waals surface area contributed by atoms with Gasteiger partial charge in [0, 0.05) is 11.9 Å². The number of amides is 1. The van der Waals surface area contributed by atoms with Gasteiger partial charge in [-0.2, -0.15) is 0 Å². The summed E-state index contributed by atoms with van der Waals surface area (Å²) in [7, 11) is 0. The fourth-order valence-electron chi connectivity index (χ4n) is 2.19. The van der Waals surface area contributed by atoms with E-state index in [1.54, 1.807) is 6.07 Å². The number of para-hydroxylation sites is 1. The number of benzene rings is 2. The second kappa shape index (κ2) is 5.21. The highest BCUT2D eigenvalue weighted by Crippen LogP contribution is 2.22. The Morgan fingerprint density at radius 2 is 1.90 bits per heavy atom. The lowest BCUT2D eigenvalue weighted by Crippen LogP contribution is -2.22. The maximum Gasteiger partial charge on any atom is 0.287 e. The Morgan fingerprint density at radius 3 is 2.65 bits per heavy atom. The van der Waals surface area contributed by atoms with Gasteiger partial charge in [0.15, 0.2) is 5.76 Å². The van der Waals surface area contributed by atoms with E-state index < -0.39 is 0 Å². The Labute approximate surface area is 117 Å². The van der Waals surface area contributed by atoms with Gasteiger partial charge in [0.05, 0.1) is 0 Å². The minimum absolute atomic E-state index is 0.190. The maximum atomic E-state index is 12.1. The molecule has 0 bridgehead atoms. The Balaban J connectivity index is 1.77. The summed E-state index contributed by atoms with van der Waals surface area (Å²) in [5, 5.41) is 3.82. The Hall–Kier alpha value is -2.55. The number of carbonyl (C=O) groups excluding carboxylic acids is 1. The summed E-state index contributed by atoms with van der Waals surface area (Å²) >= 11 is 0. The van der Waals surface area contributed by atoms with Crippen LogP contribution in [0.25, 0.3) is 11.0 Å². The van der Waals surface area contributed by atoms with Gasteiger partial charge in [0.2, 0.25) is 0 Å². The van der Waals surface area contributed by atoms with Crippen molar-refractivity contribution in [1.82, 2.24) is 5.32 Å². The van der Waals surface area contributed by atoms with Gasteiger partial charge in [-0.05, 0) is 24.1 Å². The van der Waals surface area contributed by atoms with E-state index in [1.807, 2.05) is 55.5 Å². The molecule has 0 saturated heterocycles. The molecule has 100 valence electrons. The zero-order valence-corrected chi connectivity index (χ0v) is 11.2. The molecule has 0 unspecified atom stereocenters. The predicted octanol–water partition coefficient (Wildman–Crippen LogP) is 3.67. The summed E-state index contributed by atoms with van der Waals surface area (Å²) in [6, 6.07) is 17.5. The van der Waals surface area contributed by atoms with E-state index in [0.29, 0.717) is 12.3 Å². The van der Waals surface area contributed by atoms with Crippen molar-refractivity contribution in [3.63, 3.8) is 0 Å². The third-order valence-corrected chi connectivity index (χ3v) is 3.26. The van der Waals surface area contributed by atoms with Gasteiger partial charge in [0.1, 0.15) is 5.58 Å². The minimum atomic E-state index is -0.190. The van der Waals surface area contributed by atoms with Gasteiger partial charge < -0.3 is 9.73 Å². The summed E-state index contributed by atoms with van der Waals surface area (Å²) in [4.78, 5) is 12.1. The molecule has 20 heavy (non-hydrogen) atoms. The van der Waals surface area contributed by atoms with E-state index in [1.165, 1.54) is 0 Å². The second-order valence-electron chi connectivity index (χ2n) is 4.77.